The van der Waals surface area contributed by atoms with E-state index in [9.17, 15) is 19.2 Å². The molecule has 0 radical (unpaired) electrons. The molecule has 0 aliphatic carbocycles. The van der Waals surface area contributed by atoms with Gasteiger partial charge in [-0.15, -0.1) is 0 Å². The Balaban J connectivity index is 1.72. The average Bonchev–Trinajstić information content (AvgIpc) is 3.12. The molecule has 33 heavy (non-hydrogen) atoms. The third kappa shape index (κ3) is 4.97. The van der Waals surface area contributed by atoms with Crippen molar-refractivity contribution in [2.45, 2.75) is 18.6 Å². The lowest BCUT2D eigenvalue weighted by atomic mass is 10.1. The van der Waals surface area contributed by atoms with E-state index in [1.165, 1.54) is 40.9 Å². The van der Waals surface area contributed by atoms with Gasteiger partial charge in [-0.05, 0) is 55.3 Å². The molecule has 4 rings (SSSR count). The number of carbonyl (C=O) groups excluding carboxylic acids is 2. The molecule has 164 valence electrons. The largest absolute Gasteiger partial charge is 0.321 e. The standard InChI is InChI=1S/C26H20FN3O2S/c1-17-7-9-18(10-8-17)15-23-25(32)30(21-13-11-19(27)12-14-21)26(33-23)22(16-28)24(31)29-20-5-3-2-4-6-20/h2-14,23H,15H2,1H3,(H,29,31)/b26-22-/t23-/m1/s1. The first-order valence-corrected chi connectivity index (χ1v) is 11.2. The van der Waals surface area contributed by atoms with Crippen LogP contribution in [0, 0.1) is 24.1 Å². The maximum atomic E-state index is 13.5. The molecule has 2 amide bonds. The maximum absolute atomic E-state index is 13.5. The van der Waals surface area contributed by atoms with Crippen LogP contribution in [0.4, 0.5) is 15.8 Å². The number of hydrogen-bond donors (Lipinski definition) is 1. The number of aryl methyl sites for hydroxylation is 1. The molecule has 0 saturated carbocycles. The van der Waals surface area contributed by atoms with E-state index in [0.717, 1.165) is 11.1 Å². The highest BCUT2D eigenvalue weighted by atomic mass is 32.2. The molecule has 1 heterocycles. The van der Waals surface area contributed by atoms with Gasteiger partial charge in [0, 0.05) is 11.4 Å². The third-order valence-corrected chi connectivity index (χ3v) is 6.43. The van der Waals surface area contributed by atoms with Gasteiger partial charge in [0.2, 0.25) is 5.91 Å². The summed E-state index contributed by atoms with van der Waals surface area (Å²) in [6.07, 6.45) is 0.435. The molecule has 0 unspecified atom stereocenters. The van der Waals surface area contributed by atoms with Gasteiger partial charge in [0.05, 0.1) is 5.25 Å². The van der Waals surface area contributed by atoms with Gasteiger partial charge >= 0.3 is 0 Å². The van der Waals surface area contributed by atoms with Crippen LogP contribution in [0.2, 0.25) is 0 Å². The van der Waals surface area contributed by atoms with E-state index in [1.54, 1.807) is 24.3 Å². The smallest absolute Gasteiger partial charge is 0.269 e. The molecule has 7 heteroatoms. The Bertz CT molecular complexity index is 1250. The molecule has 0 bridgehead atoms. The first kappa shape index (κ1) is 22.3. The predicted molar refractivity (Wildman–Crippen MR) is 128 cm³/mol. The Hall–Kier alpha value is -3.89. The molecule has 1 N–H and O–H groups in total. The fraction of sp³-hybridized carbons (Fsp3) is 0.115. The lowest BCUT2D eigenvalue weighted by molar-refractivity contribution is -0.117. The summed E-state index contributed by atoms with van der Waals surface area (Å²) in [5, 5.41) is 12.3. The highest BCUT2D eigenvalue weighted by molar-refractivity contribution is 8.05. The van der Waals surface area contributed by atoms with E-state index < -0.39 is 17.0 Å². The van der Waals surface area contributed by atoms with Crippen molar-refractivity contribution in [2.24, 2.45) is 0 Å². The summed E-state index contributed by atoms with van der Waals surface area (Å²) in [5.74, 6) is -1.31. The van der Waals surface area contributed by atoms with Gasteiger partial charge in [-0.1, -0.05) is 59.8 Å². The minimum atomic E-state index is -0.609. The zero-order valence-corrected chi connectivity index (χ0v) is 18.6. The van der Waals surface area contributed by atoms with Crippen LogP contribution in [0.5, 0.6) is 0 Å². The van der Waals surface area contributed by atoms with Crippen LogP contribution in [0.15, 0.2) is 89.5 Å². The summed E-state index contributed by atoms with van der Waals surface area (Å²) in [5.41, 5.74) is 2.85. The van der Waals surface area contributed by atoms with Crippen molar-refractivity contribution >= 4 is 35.0 Å². The molecule has 3 aromatic carbocycles. The summed E-state index contributed by atoms with van der Waals surface area (Å²) < 4.78 is 13.5. The molecule has 1 atom stereocenters. The van der Waals surface area contributed by atoms with Crippen LogP contribution in [-0.4, -0.2) is 17.1 Å². The number of benzene rings is 3. The highest BCUT2D eigenvalue weighted by Gasteiger charge is 2.40. The number of halogens is 1. The van der Waals surface area contributed by atoms with E-state index in [0.29, 0.717) is 17.8 Å². The SMILES string of the molecule is Cc1ccc(C[C@H]2S/C(=C(/C#N)C(=O)Nc3ccccc3)N(c3ccc(F)cc3)C2=O)cc1. The van der Waals surface area contributed by atoms with Crippen LogP contribution >= 0.6 is 11.8 Å². The Morgan fingerprint density at radius 2 is 1.73 bits per heavy atom. The second-order valence-corrected chi connectivity index (χ2v) is 8.75. The maximum Gasteiger partial charge on any atom is 0.269 e. The van der Waals surface area contributed by atoms with Crippen molar-refractivity contribution in [1.29, 1.82) is 5.26 Å². The minimum absolute atomic E-state index is 0.173. The van der Waals surface area contributed by atoms with E-state index in [1.807, 2.05) is 43.3 Å². The van der Waals surface area contributed by atoms with Crippen LogP contribution in [-0.2, 0) is 16.0 Å². The number of anilines is 2. The number of carbonyl (C=O) groups is 2. The molecule has 5 nitrogen and oxygen atoms in total. The summed E-state index contributed by atoms with van der Waals surface area (Å²) in [6.45, 7) is 1.99. The lowest BCUT2D eigenvalue weighted by Gasteiger charge is -2.18. The normalized spacial score (nSPS) is 16.9. The van der Waals surface area contributed by atoms with Crippen molar-refractivity contribution in [3.63, 3.8) is 0 Å². The van der Waals surface area contributed by atoms with Gasteiger partial charge in [0.15, 0.2) is 0 Å². The molecule has 1 saturated heterocycles. The Kier molecular flexibility index (Phi) is 6.57. The van der Waals surface area contributed by atoms with Crippen molar-refractivity contribution in [2.75, 3.05) is 10.2 Å². The molecular weight excluding hydrogens is 437 g/mol. The number of rotatable bonds is 5. The number of hydrogen-bond acceptors (Lipinski definition) is 4. The number of thioether (sulfide) groups is 1. The zero-order chi connectivity index (χ0) is 23.4. The summed E-state index contributed by atoms with van der Waals surface area (Å²) in [7, 11) is 0. The number of nitrogens with one attached hydrogen (secondary N) is 1. The summed E-state index contributed by atoms with van der Waals surface area (Å²) >= 11 is 1.18. The van der Waals surface area contributed by atoms with E-state index >= 15 is 0 Å². The van der Waals surface area contributed by atoms with Gasteiger partial charge in [-0.2, -0.15) is 5.26 Å². The summed E-state index contributed by atoms with van der Waals surface area (Å²) in [6, 6.07) is 24.0. The second kappa shape index (κ2) is 9.72. The van der Waals surface area contributed by atoms with Gasteiger partial charge in [-0.3, -0.25) is 14.5 Å². The third-order valence-electron chi connectivity index (χ3n) is 5.16. The number of amides is 2. The van der Waals surface area contributed by atoms with Gasteiger partial charge in [-0.25, -0.2) is 4.39 Å². The second-order valence-electron chi connectivity index (χ2n) is 7.56. The fourth-order valence-electron chi connectivity index (χ4n) is 3.47. The lowest BCUT2D eigenvalue weighted by Crippen LogP contribution is -2.30. The van der Waals surface area contributed by atoms with Crippen molar-refractivity contribution < 1.29 is 14.0 Å². The van der Waals surface area contributed by atoms with E-state index in [4.69, 9.17) is 0 Å². The van der Waals surface area contributed by atoms with Gasteiger partial charge < -0.3 is 5.32 Å². The molecule has 1 aliphatic heterocycles. The van der Waals surface area contributed by atoms with Gasteiger partial charge in [0.25, 0.3) is 5.91 Å². The fourth-order valence-corrected chi connectivity index (χ4v) is 4.77. The zero-order valence-electron chi connectivity index (χ0n) is 17.8. The average molecular weight is 458 g/mol. The van der Waals surface area contributed by atoms with E-state index in [-0.39, 0.29) is 16.5 Å². The first-order valence-electron chi connectivity index (χ1n) is 10.3. The monoisotopic (exact) mass is 457 g/mol. The molecule has 1 fully saturated rings. The first-order chi connectivity index (χ1) is 16.0. The molecule has 0 spiro atoms. The van der Waals surface area contributed by atoms with E-state index in [2.05, 4.69) is 5.32 Å². The van der Waals surface area contributed by atoms with Crippen molar-refractivity contribution in [3.8, 4) is 6.07 Å². The molecule has 3 aromatic rings. The molecular formula is C26H20FN3O2S. The quantitative estimate of drug-likeness (QED) is 0.422. The van der Waals surface area contributed by atoms with Crippen LogP contribution < -0.4 is 10.2 Å². The van der Waals surface area contributed by atoms with Crippen molar-refractivity contribution in [3.05, 3.63) is 106 Å². The van der Waals surface area contributed by atoms with Crippen LogP contribution in [0.25, 0.3) is 0 Å². The Labute approximate surface area is 195 Å². The predicted octanol–water partition coefficient (Wildman–Crippen LogP) is 5.20. The molecule has 0 aromatic heterocycles. The van der Waals surface area contributed by atoms with Crippen molar-refractivity contribution in [1.82, 2.24) is 0 Å². The number of nitrogens with zero attached hydrogens (tertiary/aromatic N) is 2. The number of nitriles is 1. The number of para-hydroxylation sites is 1. The van der Waals surface area contributed by atoms with Gasteiger partial charge in [0.1, 0.15) is 22.5 Å². The highest BCUT2D eigenvalue weighted by Crippen LogP contribution is 2.42. The topological polar surface area (TPSA) is 73.2 Å². The molecule has 1 aliphatic rings. The Morgan fingerprint density at radius 3 is 2.36 bits per heavy atom. The van der Waals surface area contributed by atoms with Crippen LogP contribution in [0.3, 0.4) is 0 Å². The van der Waals surface area contributed by atoms with Crippen LogP contribution in [0.1, 0.15) is 11.1 Å². The minimum Gasteiger partial charge on any atom is -0.321 e. The Morgan fingerprint density at radius 1 is 1.06 bits per heavy atom. The summed E-state index contributed by atoms with van der Waals surface area (Å²) in [4.78, 5) is 27.7.